The number of carbonyl (C=O) groups excluding carboxylic acids is 1. The molecule has 1 aromatic carbocycles. The standard InChI is InChI=1S/C23H30N6OS/c1-16-15-26-23(25-7-4-8-29-11-9-28(3)10-12-29)27-21(16)20-13-17-5-6-18(22(30)24-2)14-19(17)31-20/h5-6,13-15H,4,7-12H2,1-3H3,(H,24,30)(H,25,26,27). The summed E-state index contributed by atoms with van der Waals surface area (Å²) in [5.41, 5.74) is 2.66. The molecular weight excluding hydrogens is 408 g/mol. The van der Waals surface area contributed by atoms with E-state index in [1.54, 1.807) is 18.4 Å². The molecule has 0 atom stereocenters. The zero-order valence-corrected chi connectivity index (χ0v) is 19.3. The molecule has 0 aliphatic carbocycles. The minimum Gasteiger partial charge on any atom is -0.355 e. The number of aryl methyl sites for hydroxylation is 1. The fourth-order valence-corrected chi connectivity index (χ4v) is 4.94. The van der Waals surface area contributed by atoms with Gasteiger partial charge in [0.1, 0.15) is 0 Å². The van der Waals surface area contributed by atoms with Crippen LogP contribution in [-0.4, -0.2) is 79.0 Å². The van der Waals surface area contributed by atoms with E-state index in [9.17, 15) is 4.79 Å². The Labute approximate surface area is 187 Å². The SMILES string of the molecule is CNC(=O)c1ccc2cc(-c3nc(NCCCN4CCN(C)CC4)ncc3C)sc2c1. The molecule has 7 nitrogen and oxygen atoms in total. The van der Waals surface area contributed by atoms with Gasteiger partial charge < -0.3 is 20.4 Å². The van der Waals surface area contributed by atoms with Gasteiger partial charge in [0.25, 0.3) is 5.91 Å². The van der Waals surface area contributed by atoms with E-state index in [0.717, 1.165) is 71.9 Å². The molecular formula is C23H30N6OS. The summed E-state index contributed by atoms with van der Waals surface area (Å²) in [6.45, 7) is 8.59. The van der Waals surface area contributed by atoms with E-state index in [-0.39, 0.29) is 5.91 Å². The highest BCUT2D eigenvalue weighted by molar-refractivity contribution is 7.22. The maximum absolute atomic E-state index is 11.9. The molecule has 1 fully saturated rings. The Hall–Kier alpha value is -2.55. The van der Waals surface area contributed by atoms with Crippen molar-refractivity contribution in [3.63, 3.8) is 0 Å². The van der Waals surface area contributed by atoms with Crippen molar-refractivity contribution in [1.82, 2.24) is 25.1 Å². The summed E-state index contributed by atoms with van der Waals surface area (Å²) in [6.07, 6.45) is 2.95. The summed E-state index contributed by atoms with van der Waals surface area (Å²) in [7, 11) is 3.83. The first kappa shape index (κ1) is 21.7. The normalized spacial score (nSPS) is 15.3. The maximum atomic E-state index is 11.9. The van der Waals surface area contributed by atoms with E-state index < -0.39 is 0 Å². The van der Waals surface area contributed by atoms with Crippen molar-refractivity contribution in [1.29, 1.82) is 0 Å². The average Bonchev–Trinajstić information content (AvgIpc) is 3.21. The van der Waals surface area contributed by atoms with Gasteiger partial charge in [-0.1, -0.05) is 6.07 Å². The molecule has 4 rings (SSSR count). The summed E-state index contributed by atoms with van der Waals surface area (Å²) >= 11 is 1.65. The van der Waals surface area contributed by atoms with Crippen molar-refractivity contribution in [2.45, 2.75) is 13.3 Å². The van der Waals surface area contributed by atoms with Crippen LogP contribution in [0.4, 0.5) is 5.95 Å². The van der Waals surface area contributed by atoms with Crippen LogP contribution in [0.5, 0.6) is 0 Å². The molecule has 3 aromatic rings. The van der Waals surface area contributed by atoms with Crippen LogP contribution in [-0.2, 0) is 0 Å². The van der Waals surface area contributed by atoms with Crippen LogP contribution in [0.15, 0.2) is 30.5 Å². The number of aromatic nitrogens is 2. The van der Waals surface area contributed by atoms with E-state index in [1.807, 2.05) is 31.3 Å². The maximum Gasteiger partial charge on any atom is 0.251 e. The molecule has 1 amide bonds. The number of hydrogen-bond donors (Lipinski definition) is 2. The fourth-order valence-electron chi connectivity index (χ4n) is 3.78. The number of benzene rings is 1. The van der Waals surface area contributed by atoms with Crippen LogP contribution < -0.4 is 10.6 Å². The molecule has 1 aliphatic rings. The third kappa shape index (κ3) is 5.20. The van der Waals surface area contributed by atoms with Crippen molar-refractivity contribution in [2.75, 3.05) is 58.7 Å². The first-order valence-corrected chi connectivity index (χ1v) is 11.6. The van der Waals surface area contributed by atoms with Gasteiger partial charge in [0.05, 0.1) is 10.6 Å². The van der Waals surface area contributed by atoms with Crippen molar-refractivity contribution in [3.05, 3.63) is 41.6 Å². The molecule has 0 saturated carbocycles. The Morgan fingerprint density at radius 3 is 2.77 bits per heavy atom. The predicted molar refractivity (Wildman–Crippen MR) is 128 cm³/mol. The first-order chi connectivity index (χ1) is 15.0. The predicted octanol–water partition coefficient (Wildman–Crippen LogP) is 3.08. The van der Waals surface area contributed by atoms with Gasteiger partial charge in [0, 0.05) is 56.2 Å². The quantitative estimate of drug-likeness (QED) is 0.553. The number of hydrogen-bond acceptors (Lipinski definition) is 7. The highest BCUT2D eigenvalue weighted by atomic mass is 32.1. The zero-order chi connectivity index (χ0) is 21.8. The number of carbonyl (C=O) groups is 1. The minimum absolute atomic E-state index is 0.0712. The highest BCUT2D eigenvalue weighted by Crippen LogP contribution is 2.34. The van der Waals surface area contributed by atoms with Crippen LogP contribution in [0.2, 0.25) is 0 Å². The van der Waals surface area contributed by atoms with Gasteiger partial charge in [-0.25, -0.2) is 9.97 Å². The first-order valence-electron chi connectivity index (χ1n) is 10.8. The average molecular weight is 439 g/mol. The number of nitrogens with zero attached hydrogens (tertiary/aromatic N) is 4. The lowest BCUT2D eigenvalue weighted by Crippen LogP contribution is -2.44. The van der Waals surface area contributed by atoms with Gasteiger partial charge in [-0.15, -0.1) is 11.3 Å². The van der Waals surface area contributed by atoms with Gasteiger partial charge in [0.15, 0.2) is 0 Å². The van der Waals surface area contributed by atoms with E-state index in [1.165, 1.54) is 0 Å². The van der Waals surface area contributed by atoms with Gasteiger partial charge in [-0.2, -0.15) is 0 Å². The topological polar surface area (TPSA) is 73.4 Å². The summed E-state index contributed by atoms with van der Waals surface area (Å²) < 4.78 is 1.08. The monoisotopic (exact) mass is 438 g/mol. The van der Waals surface area contributed by atoms with E-state index in [0.29, 0.717) is 11.5 Å². The third-order valence-corrected chi connectivity index (χ3v) is 6.85. The number of piperazine rings is 1. The lowest BCUT2D eigenvalue weighted by atomic mass is 10.1. The van der Waals surface area contributed by atoms with Crippen LogP contribution in [0.25, 0.3) is 20.7 Å². The Morgan fingerprint density at radius 1 is 1.19 bits per heavy atom. The Kier molecular flexibility index (Phi) is 6.80. The van der Waals surface area contributed by atoms with Crippen LogP contribution in [0.3, 0.4) is 0 Å². The number of nitrogens with one attached hydrogen (secondary N) is 2. The number of likely N-dealkylation sites (N-methyl/N-ethyl adjacent to an activating group) is 1. The highest BCUT2D eigenvalue weighted by Gasteiger charge is 2.14. The Bertz CT molecular complexity index is 1060. The lowest BCUT2D eigenvalue weighted by molar-refractivity contribution is 0.0963. The van der Waals surface area contributed by atoms with Gasteiger partial charge >= 0.3 is 0 Å². The summed E-state index contributed by atoms with van der Waals surface area (Å²) in [5, 5.41) is 7.19. The molecule has 1 saturated heterocycles. The number of rotatable bonds is 7. The summed E-state index contributed by atoms with van der Waals surface area (Å²) in [6, 6.07) is 7.93. The minimum atomic E-state index is -0.0712. The second-order valence-electron chi connectivity index (χ2n) is 8.09. The molecule has 31 heavy (non-hydrogen) atoms. The smallest absolute Gasteiger partial charge is 0.251 e. The number of amides is 1. The lowest BCUT2D eigenvalue weighted by Gasteiger charge is -2.32. The zero-order valence-electron chi connectivity index (χ0n) is 18.4. The van der Waals surface area contributed by atoms with E-state index in [2.05, 4.69) is 38.5 Å². The molecule has 164 valence electrons. The van der Waals surface area contributed by atoms with Crippen LogP contribution in [0, 0.1) is 6.92 Å². The van der Waals surface area contributed by atoms with Crippen molar-refractivity contribution in [3.8, 4) is 10.6 Å². The van der Waals surface area contributed by atoms with Crippen molar-refractivity contribution < 1.29 is 4.79 Å². The van der Waals surface area contributed by atoms with Crippen LogP contribution >= 0.6 is 11.3 Å². The molecule has 3 heterocycles. The van der Waals surface area contributed by atoms with Gasteiger partial charge in [-0.05, 0) is 56.1 Å². The molecule has 2 N–H and O–H groups in total. The number of anilines is 1. The van der Waals surface area contributed by atoms with Gasteiger partial charge in [-0.3, -0.25) is 4.79 Å². The van der Waals surface area contributed by atoms with Crippen molar-refractivity contribution >= 4 is 33.3 Å². The fraction of sp³-hybridized carbons (Fsp3) is 0.435. The third-order valence-electron chi connectivity index (χ3n) is 5.74. The molecule has 0 spiro atoms. The number of thiophene rings is 1. The number of fused-ring (bicyclic) bond motifs is 1. The molecule has 0 unspecified atom stereocenters. The second kappa shape index (κ2) is 9.72. The Balaban J connectivity index is 1.42. The largest absolute Gasteiger partial charge is 0.355 e. The summed E-state index contributed by atoms with van der Waals surface area (Å²) in [4.78, 5) is 27.2. The second-order valence-corrected chi connectivity index (χ2v) is 9.18. The summed E-state index contributed by atoms with van der Waals surface area (Å²) in [5.74, 6) is 0.598. The molecule has 0 radical (unpaired) electrons. The molecule has 1 aliphatic heterocycles. The van der Waals surface area contributed by atoms with E-state index in [4.69, 9.17) is 4.98 Å². The molecule has 0 bridgehead atoms. The van der Waals surface area contributed by atoms with E-state index >= 15 is 0 Å². The molecule has 2 aromatic heterocycles. The van der Waals surface area contributed by atoms with Gasteiger partial charge in [0.2, 0.25) is 5.95 Å². The van der Waals surface area contributed by atoms with Crippen LogP contribution in [0.1, 0.15) is 22.3 Å². The molecule has 8 heteroatoms. The van der Waals surface area contributed by atoms with Crippen molar-refractivity contribution in [2.24, 2.45) is 0 Å². The Morgan fingerprint density at radius 2 is 2.00 bits per heavy atom.